The Bertz CT molecular complexity index is 256. The van der Waals surface area contributed by atoms with Crippen LogP contribution in [0.25, 0.3) is 0 Å². The normalized spacial score (nSPS) is 12.4. The zero-order chi connectivity index (χ0) is 10.6. The average Bonchev–Trinajstić information content (AvgIpc) is 2.66. The van der Waals surface area contributed by atoms with Crippen LogP contribution in [0.3, 0.4) is 0 Å². The lowest BCUT2D eigenvalue weighted by molar-refractivity contribution is 0.0755. The summed E-state index contributed by atoms with van der Waals surface area (Å²) in [5.74, 6) is 0. The molecule has 0 aliphatic carbocycles. The number of hydrogen-bond donors (Lipinski definition) is 1. The van der Waals surface area contributed by atoms with Crippen LogP contribution in [0.5, 0.6) is 0 Å². The Kier molecular flexibility index (Phi) is 3.66. The van der Waals surface area contributed by atoms with Gasteiger partial charge in [-0.25, -0.2) is 0 Å². The van der Waals surface area contributed by atoms with Crippen LogP contribution in [0.15, 0.2) is 18.5 Å². The summed E-state index contributed by atoms with van der Waals surface area (Å²) in [6, 6.07) is 1.91. The molecule has 0 radical (unpaired) electrons. The maximum atomic E-state index is 9.16. The molecule has 1 aromatic rings. The smallest absolute Gasteiger partial charge is 0.0609 e. The van der Waals surface area contributed by atoms with Crippen LogP contribution >= 0.6 is 0 Å². The van der Waals surface area contributed by atoms with Crippen molar-refractivity contribution in [2.45, 2.75) is 25.9 Å². The second-order valence-electron chi connectivity index (χ2n) is 4.16. The second-order valence-corrected chi connectivity index (χ2v) is 4.16. The molecule has 0 saturated heterocycles. The topological polar surface area (TPSA) is 41.3 Å². The first kappa shape index (κ1) is 11.2. The van der Waals surface area contributed by atoms with Crippen molar-refractivity contribution in [3.05, 3.63) is 18.5 Å². The average molecular weight is 197 g/mol. The maximum Gasteiger partial charge on any atom is 0.0609 e. The molecule has 4 heteroatoms. The van der Waals surface area contributed by atoms with Crippen LogP contribution in [0.4, 0.5) is 0 Å². The number of aliphatic hydroxyl groups is 1. The van der Waals surface area contributed by atoms with E-state index in [1.807, 2.05) is 37.8 Å². The van der Waals surface area contributed by atoms with Crippen molar-refractivity contribution < 1.29 is 5.11 Å². The lowest BCUT2D eigenvalue weighted by Gasteiger charge is -2.33. The number of rotatable bonds is 5. The quantitative estimate of drug-likeness (QED) is 0.751. The molecular weight excluding hydrogens is 178 g/mol. The minimum absolute atomic E-state index is 0.160. The monoisotopic (exact) mass is 197 g/mol. The summed E-state index contributed by atoms with van der Waals surface area (Å²) in [5, 5.41) is 13.3. The van der Waals surface area contributed by atoms with Crippen molar-refractivity contribution in [3.63, 3.8) is 0 Å². The molecule has 1 N–H and O–H groups in total. The van der Waals surface area contributed by atoms with Crippen LogP contribution in [0.1, 0.15) is 13.8 Å². The van der Waals surface area contributed by atoms with E-state index in [-0.39, 0.29) is 12.1 Å². The molecule has 80 valence electrons. The summed E-state index contributed by atoms with van der Waals surface area (Å²) in [5.41, 5.74) is -0.160. The van der Waals surface area contributed by atoms with Gasteiger partial charge in [-0.05, 0) is 27.0 Å². The highest BCUT2D eigenvalue weighted by molar-refractivity contribution is 4.80. The van der Waals surface area contributed by atoms with Gasteiger partial charge in [0.2, 0.25) is 0 Å². The van der Waals surface area contributed by atoms with Gasteiger partial charge >= 0.3 is 0 Å². The van der Waals surface area contributed by atoms with Gasteiger partial charge in [0.05, 0.1) is 13.2 Å². The van der Waals surface area contributed by atoms with E-state index in [1.54, 1.807) is 6.20 Å². The molecule has 1 aromatic heterocycles. The van der Waals surface area contributed by atoms with E-state index in [2.05, 4.69) is 10.00 Å². The number of hydrogen-bond acceptors (Lipinski definition) is 3. The van der Waals surface area contributed by atoms with Gasteiger partial charge in [-0.15, -0.1) is 0 Å². The third kappa shape index (κ3) is 2.82. The molecule has 0 unspecified atom stereocenters. The molecule has 0 aliphatic rings. The van der Waals surface area contributed by atoms with Crippen molar-refractivity contribution in [1.82, 2.24) is 14.7 Å². The van der Waals surface area contributed by atoms with Gasteiger partial charge in [0.15, 0.2) is 0 Å². The number of nitrogens with zero attached hydrogens (tertiary/aromatic N) is 3. The van der Waals surface area contributed by atoms with Gasteiger partial charge in [-0.2, -0.15) is 5.10 Å². The molecule has 0 fully saturated rings. The summed E-state index contributed by atoms with van der Waals surface area (Å²) >= 11 is 0. The standard InChI is InChI=1S/C10H19N3O/c1-10(2,9-14)12(3)7-8-13-6-4-5-11-13/h4-6,14H,7-9H2,1-3H3. The molecule has 1 heterocycles. The first-order valence-electron chi connectivity index (χ1n) is 4.86. The summed E-state index contributed by atoms with van der Waals surface area (Å²) < 4.78 is 1.89. The Morgan fingerprint density at radius 3 is 2.71 bits per heavy atom. The van der Waals surface area contributed by atoms with Gasteiger partial charge in [-0.3, -0.25) is 9.58 Å². The Morgan fingerprint density at radius 1 is 1.50 bits per heavy atom. The van der Waals surface area contributed by atoms with Gasteiger partial charge in [0.25, 0.3) is 0 Å². The van der Waals surface area contributed by atoms with Crippen molar-refractivity contribution >= 4 is 0 Å². The molecule has 0 amide bonds. The largest absolute Gasteiger partial charge is 0.394 e. The van der Waals surface area contributed by atoms with Crippen LogP contribution in [0, 0.1) is 0 Å². The van der Waals surface area contributed by atoms with E-state index in [4.69, 9.17) is 5.11 Å². The van der Waals surface area contributed by atoms with Crippen molar-refractivity contribution in [1.29, 1.82) is 0 Å². The number of aliphatic hydroxyl groups excluding tert-OH is 1. The molecule has 0 bridgehead atoms. The molecule has 0 spiro atoms. The van der Waals surface area contributed by atoms with E-state index in [0.717, 1.165) is 13.1 Å². The Balaban J connectivity index is 2.38. The van der Waals surface area contributed by atoms with Gasteiger partial charge in [0.1, 0.15) is 0 Å². The molecule has 0 saturated carbocycles. The predicted molar refractivity (Wildman–Crippen MR) is 56.0 cm³/mol. The van der Waals surface area contributed by atoms with E-state index >= 15 is 0 Å². The van der Waals surface area contributed by atoms with Crippen molar-refractivity contribution in [3.8, 4) is 0 Å². The number of aromatic nitrogens is 2. The predicted octanol–water partition coefficient (Wildman–Crippen LogP) is 0.586. The first-order valence-corrected chi connectivity index (χ1v) is 4.86. The minimum atomic E-state index is -0.160. The van der Waals surface area contributed by atoms with Crippen molar-refractivity contribution in [2.24, 2.45) is 0 Å². The van der Waals surface area contributed by atoms with E-state index in [0.29, 0.717) is 0 Å². The zero-order valence-electron chi connectivity index (χ0n) is 9.14. The highest BCUT2D eigenvalue weighted by Gasteiger charge is 2.21. The van der Waals surface area contributed by atoms with Crippen LogP contribution in [-0.4, -0.2) is 45.5 Å². The Hall–Kier alpha value is -0.870. The SMILES string of the molecule is CN(CCn1cccn1)C(C)(C)CO. The Labute approximate surface area is 85.1 Å². The zero-order valence-corrected chi connectivity index (χ0v) is 9.14. The van der Waals surface area contributed by atoms with Gasteiger partial charge in [-0.1, -0.05) is 0 Å². The molecule has 0 atom stereocenters. The highest BCUT2D eigenvalue weighted by Crippen LogP contribution is 2.10. The van der Waals surface area contributed by atoms with Gasteiger partial charge < -0.3 is 5.11 Å². The third-order valence-electron chi connectivity index (χ3n) is 2.64. The summed E-state index contributed by atoms with van der Waals surface area (Å²) in [7, 11) is 2.01. The van der Waals surface area contributed by atoms with E-state index in [1.165, 1.54) is 0 Å². The fourth-order valence-corrected chi connectivity index (χ4v) is 1.11. The summed E-state index contributed by atoms with van der Waals surface area (Å²) in [6.45, 7) is 5.96. The molecule has 0 aromatic carbocycles. The lowest BCUT2D eigenvalue weighted by Crippen LogP contribution is -2.45. The molecule has 0 aliphatic heterocycles. The molecular formula is C10H19N3O. The molecule has 1 rings (SSSR count). The fraction of sp³-hybridized carbons (Fsp3) is 0.700. The Morgan fingerprint density at radius 2 is 2.21 bits per heavy atom. The maximum absolute atomic E-state index is 9.16. The first-order chi connectivity index (χ1) is 6.56. The lowest BCUT2D eigenvalue weighted by atomic mass is 10.1. The third-order valence-corrected chi connectivity index (χ3v) is 2.64. The molecule has 14 heavy (non-hydrogen) atoms. The second kappa shape index (κ2) is 4.57. The van der Waals surface area contributed by atoms with Gasteiger partial charge in [0, 0.05) is 24.5 Å². The minimum Gasteiger partial charge on any atom is -0.394 e. The van der Waals surface area contributed by atoms with E-state index in [9.17, 15) is 0 Å². The van der Waals surface area contributed by atoms with Crippen LogP contribution in [-0.2, 0) is 6.54 Å². The van der Waals surface area contributed by atoms with Crippen molar-refractivity contribution in [2.75, 3.05) is 20.2 Å². The van der Waals surface area contributed by atoms with Crippen LogP contribution in [0.2, 0.25) is 0 Å². The fourth-order valence-electron chi connectivity index (χ4n) is 1.11. The van der Waals surface area contributed by atoms with E-state index < -0.39 is 0 Å². The van der Waals surface area contributed by atoms with Crippen LogP contribution < -0.4 is 0 Å². The highest BCUT2D eigenvalue weighted by atomic mass is 16.3. The summed E-state index contributed by atoms with van der Waals surface area (Å²) in [6.07, 6.45) is 3.72. The molecule has 4 nitrogen and oxygen atoms in total. The number of likely N-dealkylation sites (N-methyl/N-ethyl adjacent to an activating group) is 1. The summed E-state index contributed by atoms with van der Waals surface area (Å²) in [4.78, 5) is 2.13.